The summed E-state index contributed by atoms with van der Waals surface area (Å²) < 4.78 is 22.8. The maximum absolute atomic E-state index is 15.1. The Kier molecular flexibility index (Phi) is 4.70. The number of hydrogen-bond donors (Lipinski definition) is 1. The Bertz CT molecular complexity index is 1220. The third kappa shape index (κ3) is 3.13. The Morgan fingerprint density at radius 1 is 1.20 bits per heavy atom. The van der Waals surface area contributed by atoms with Crippen LogP contribution in [0.25, 0.3) is 33.2 Å². The van der Waals surface area contributed by atoms with Gasteiger partial charge in [0.1, 0.15) is 17.0 Å². The maximum Gasteiger partial charge on any atom is 0.215 e. The summed E-state index contributed by atoms with van der Waals surface area (Å²) >= 11 is 0. The van der Waals surface area contributed by atoms with Crippen molar-refractivity contribution in [2.24, 2.45) is 0 Å². The Hall–Kier alpha value is -2.93. The molecule has 7 heteroatoms. The number of aromatic amines is 1. The van der Waals surface area contributed by atoms with Crippen LogP contribution in [-0.2, 0) is 0 Å². The summed E-state index contributed by atoms with van der Waals surface area (Å²) in [7, 11) is 2.15. The molecule has 0 atom stereocenters. The number of imidazole rings is 1. The minimum absolute atomic E-state index is 0.287. The van der Waals surface area contributed by atoms with Gasteiger partial charge >= 0.3 is 0 Å². The number of benzene rings is 1. The highest BCUT2D eigenvalue weighted by Gasteiger charge is 2.24. The highest BCUT2D eigenvalue weighted by Crippen LogP contribution is 2.35. The summed E-state index contributed by atoms with van der Waals surface area (Å²) in [6.45, 7) is 6.56. The van der Waals surface area contributed by atoms with Gasteiger partial charge in [-0.1, -0.05) is 0 Å². The molecule has 1 N–H and O–H groups in total. The number of likely N-dealkylation sites (tertiary alicyclic amines) is 1. The van der Waals surface area contributed by atoms with Crippen molar-refractivity contribution in [3.8, 4) is 17.0 Å². The lowest BCUT2D eigenvalue weighted by atomic mass is 10.0. The van der Waals surface area contributed by atoms with E-state index in [9.17, 15) is 0 Å². The predicted molar refractivity (Wildman–Crippen MR) is 116 cm³/mol. The SMILES string of the molecule is CCOc1ccc2c(-c3cc(F)c4nc(C)n(C5CCN(C)CC5)c4c3)c[nH]c2n1. The number of fused-ring (bicyclic) bond motifs is 2. The van der Waals surface area contributed by atoms with Gasteiger partial charge in [-0.25, -0.2) is 9.37 Å². The fraction of sp³-hybridized carbons (Fsp3) is 0.391. The Balaban J connectivity index is 1.62. The van der Waals surface area contributed by atoms with Crippen LogP contribution >= 0.6 is 0 Å². The lowest BCUT2D eigenvalue weighted by molar-refractivity contribution is 0.222. The third-order valence-electron chi connectivity index (χ3n) is 6.09. The highest BCUT2D eigenvalue weighted by molar-refractivity contribution is 5.96. The summed E-state index contributed by atoms with van der Waals surface area (Å²) in [5.74, 6) is 1.17. The molecule has 30 heavy (non-hydrogen) atoms. The summed E-state index contributed by atoms with van der Waals surface area (Å²) in [6, 6.07) is 7.81. The number of H-pyrrole nitrogens is 1. The summed E-state index contributed by atoms with van der Waals surface area (Å²) in [4.78, 5) is 14.6. The molecule has 6 nitrogen and oxygen atoms in total. The molecule has 4 heterocycles. The van der Waals surface area contributed by atoms with E-state index in [-0.39, 0.29) is 5.82 Å². The molecule has 0 amide bonds. The van der Waals surface area contributed by atoms with Crippen LogP contribution in [0.4, 0.5) is 4.39 Å². The Labute approximate surface area is 174 Å². The monoisotopic (exact) mass is 407 g/mol. The maximum atomic E-state index is 15.1. The first-order chi connectivity index (χ1) is 14.5. The second-order valence-corrected chi connectivity index (χ2v) is 8.07. The molecule has 1 saturated heterocycles. The first kappa shape index (κ1) is 19.1. The van der Waals surface area contributed by atoms with Crippen LogP contribution in [0.1, 0.15) is 31.6 Å². The van der Waals surface area contributed by atoms with Gasteiger partial charge in [0.2, 0.25) is 5.88 Å². The lowest BCUT2D eigenvalue weighted by Gasteiger charge is -2.30. The summed E-state index contributed by atoms with van der Waals surface area (Å²) in [5, 5.41) is 0.944. The third-order valence-corrected chi connectivity index (χ3v) is 6.09. The van der Waals surface area contributed by atoms with E-state index < -0.39 is 0 Å². The topological polar surface area (TPSA) is 59.0 Å². The van der Waals surface area contributed by atoms with E-state index in [2.05, 4.69) is 37.5 Å². The second-order valence-electron chi connectivity index (χ2n) is 8.07. The minimum atomic E-state index is -0.287. The average Bonchev–Trinajstić information content (AvgIpc) is 3.29. The zero-order valence-electron chi connectivity index (χ0n) is 17.6. The average molecular weight is 407 g/mol. The molecule has 156 valence electrons. The van der Waals surface area contributed by atoms with E-state index >= 15 is 4.39 Å². The number of aromatic nitrogens is 4. The number of nitrogens with zero attached hydrogens (tertiary/aromatic N) is 4. The zero-order valence-corrected chi connectivity index (χ0v) is 17.6. The first-order valence-electron chi connectivity index (χ1n) is 10.5. The Morgan fingerprint density at radius 2 is 2.00 bits per heavy atom. The normalized spacial score (nSPS) is 16.0. The van der Waals surface area contributed by atoms with Crippen molar-refractivity contribution >= 4 is 22.1 Å². The molecule has 0 unspecified atom stereocenters. The van der Waals surface area contributed by atoms with E-state index in [1.54, 1.807) is 6.07 Å². The quantitative estimate of drug-likeness (QED) is 0.533. The van der Waals surface area contributed by atoms with Crippen molar-refractivity contribution in [2.75, 3.05) is 26.7 Å². The fourth-order valence-corrected chi connectivity index (χ4v) is 4.59. The van der Waals surface area contributed by atoms with Crippen LogP contribution in [0.5, 0.6) is 5.88 Å². The molecule has 1 fully saturated rings. The van der Waals surface area contributed by atoms with E-state index in [0.29, 0.717) is 24.0 Å². The van der Waals surface area contributed by atoms with Gasteiger partial charge in [0.05, 0.1) is 12.1 Å². The van der Waals surface area contributed by atoms with Crippen molar-refractivity contribution in [3.63, 3.8) is 0 Å². The van der Waals surface area contributed by atoms with Crippen LogP contribution < -0.4 is 4.74 Å². The highest BCUT2D eigenvalue weighted by atomic mass is 19.1. The predicted octanol–water partition coefficient (Wildman–Crippen LogP) is 4.69. The molecule has 3 aromatic heterocycles. The molecular weight excluding hydrogens is 381 g/mol. The molecule has 0 spiro atoms. The molecule has 0 radical (unpaired) electrons. The van der Waals surface area contributed by atoms with Crippen molar-refractivity contribution in [1.82, 2.24) is 24.4 Å². The molecule has 4 aromatic rings. The fourth-order valence-electron chi connectivity index (χ4n) is 4.59. The molecule has 1 aliphatic heterocycles. The largest absolute Gasteiger partial charge is 0.478 e. The number of ether oxygens (including phenoxy) is 1. The van der Waals surface area contributed by atoms with E-state index in [1.807, 2.05) is 32.2 Å². The van der Waals surface area contributed by atoms with Gasteiger partial charge in [-0.3, -0.25) is 0 Å². The number of piperidine rings is 1. The zero-order chi connectivity index (χ0) is 20.8. The van der Waals surface area contributed by atoms with Gasteiger partial charge in [-0.15, -0.1) is 0 Å². The molecule has 0 saturated carbocycles. The van der Waals surface area contributed by atoms with Gasteiger partial charge in [-0.05, 0) is 70.6 Å². The van der Waals surface area contributed by atoms with E-state index in [0.717, 1.165) is 59.4 Å². The van der Waals surface area contributed by atoms with Crippen LogP contribution in [-0.4, -0.2) is 51.2 Å². The van der Waals surface area contributed by atoms with Crippen LogP contribution in [0.15, 0.2) is 30.5 Å². The van der Waals surface area contributed by atoms with Crippen molar-refractivity contribution in [1.29, 1.82) is 0 Å². The van der Waals surface area contributed by atoms with Gasteiger partial charge in [0, 0.05) is 29.3 Å². The molecule has 1 aliphatic rings. The lowest BCUT2D eigenvalue weighted by Crippen LogP contribution is -2.31. The second kappa shape index (κ2) is 7.40. The minimum Gasteiger partial charge on any atom is -0.478 e. The molecule has 1 aromatic carbocycles. The number of pyridine rings is 1. The van der Waals surface area contributed by atoms with Crippen LogP contribution in [0.3, 0.4) is 0 Å². The van der Waals surface area contributed by atoms with E-state index in [1.165, 1.54) is 0 Å². The van der Waals surface area contributed by atoms with Gasteiger partial charge in [-0.2, -0.15) is 4.98 Å². The van der Waals surface area contributed by atoms with Gasteiger partial charge < -0.3 is 19.2 Å². The van der Waals surface area contributed by atoms with Gasteiger partial charge in [0.25, 0.3) is 0 Å². The molecule has 5 rings (SSSR count). The van der Waals surface area contributed by atoms with E-state index in [4.69, 9.17) is 4.74 Å². The standard InChI is InChI=1S/C23H26FN5O/c1-4-30-21-6-5-17-18(13-25-23(17)27-21)15-11-19(24)22-20(12-15)29(14(2)26-22)16-7-9-28(3)10-8-16/h5-6,11-13,16H,4,7-10H2,1-3H3,(H,25,27). The summed E-state index contributed by atoms with van der Waals surface area (Å²) in [6.07, 6.45) is 3.98. The number of halogens is 1. The van der Waals surface area contributed by atoms with Crippen molar-refractivity contribution in [3.05, 3.63) is 42.1 Å². The first-order valence-corrected chi connectivity index (χ1v) is 10.5. The molecule has 0 bridgehead atoms. The Morgan fingerprint density at radius 3 is 2.77 bits per heavy atom. The number of aryl methyl sites for hydroxylation is 1. The van der Waals surface area contributed by atoms with Gasteiger partial charge in [0.15, 0.2) is 5.82 Å². The summed E-state index contributed by atoms with van der Waals surface area (Å²) in [5.41, 5.74) is 3.80. The van der Waals surface area contributed by atoms with Crippen LogP contribution in [0.2, 0.25) is 0 Å². The number of nitrogens with one attached hydrogen (secondary N) is 1. The van der Waals surface area contributed by atoms with Crippen LogP contribution in [0, 0.1) is 12.7 Å². The number of rotatable bonds is 4. The molecular formula is C23H26FN5O. The van der Waals surface area contributed by atoms with Crippen molar-refractivity contribution in [2.45, 2.75) is 32.7 Å². The molecule has 0 aliphatic carbocycles. The smallest absolute Gasteiger partial charge is 0.215 e. The van der Waals surface area contributed by atoms with Crippen molar-refractivity contribution < 1.29 is 9.13 Å². The number of hydrogen-bond acceptors (Lipinski definition) is 4.